The van der Waals surface area contributed by atoms with Crippen LogP contribution in [0.15, 0.2) is 68.4 Å². The van der Waals surface area contributed by atoms with Gasteiger partial charge in [0.1, 0.15) is 17.3 Å². The minimum Gasteiger partial charge on any atom is -0.497 e. The van der Waals surface area contributed by atoms with Gasteiger partial charge in [-0.3, -0.25) is 9.00 Å². The molecule has 2 aromatic carbocycles. The van der Waals surface area contributed by atoms with E-state index in [4.69, 9.17) is 13.9 Å². The fourth-order valence-corrected chi connectivity index (χ4v) is 4.12. The van der Waals surface area contributed by atoms with Gasteiger partial charge in [0, 0.05) is 22.0 Å². The molecule has 1 amide bonds. The van der Waals surface area contributed by atoms with Crippen LogP contribution in [0.1, 0.15) is 21.9 Å². The maximum atomic E-state index is 12.5. The zero-order valence-electron chi connectivity index (χ0n) is 16.6. The Bertz CT molecular complexity index is 1030. The van der Waals surface area contributed by atoms with Crippen molar-refractivity contribution in [2.24, 2.45) is 0 Å². The molecule has 3 rings (SSSR count). The molecule has 1 aromatic heterocycles. The van der Waals surface area contributed by atoms with Crippen molar-refractivity contribution in [3.8, 4) is 11.5 Å². The summed E-state index contributed by atoms with van der Waals surface area (Å²) in [7, 11) is 1.94. The number of halogens is 1. The van der Waals surface area contributed by atoms with E-state index >= 15 is 0 Å². The number of benzene rings is 2. The number of carbonyl (C=O) groups excluding carboxylic acids is 1. The van der Waals surface area contributed by atoms with Crippen LogP contribution in [0.4, 0.5) is 0 Å². The molecule has 0 bridgehead atoms. The van der Waals surface area contributed by atoms with Crippen molar-refractivity contribution in [1.29, 1.82) is 0 Å². The zero-order chi connectivity index (χ0) is 21.5. The van der Waals surface area contributed by atoms with E-state index in [1.165, 1.54) is 0 Å². The standard InChI is InChI=1S/C22H22BrNO5S/c1-27-17-6-3-15(21(13-17)28-2)11-12-24-22(25)20-10-7-18(29-20)14-30(26)19-8-4-16(23)5-9-19/h3-10,13H,11-12,14H2,1-2H3,(H,24,25). The van der Waals surface area contributed by atoms with Crippen molar-refractivity contribution in [3.63, 3.8) is 0 Å². The van der Waals surface area contributed by atoms with Crippen molar-refractivity contribution in [2.45, 2.75) is 17.1 Å². The fourth-order valence-electron chi connectivity index (χ4n) is 2.83. The molecule has 3 aromatic rings. The summed E-state index contributed by atoms with van der Waals surface area (Å²) in [6.45, 7) is 0.419. The largest absolute Gasteiger partial charge is 0.497 e. The van der Waals surface area contributed by atoms with Gasteiger partial charge in [0.15, 0.2) is 5.76 Å². The number of hydrogen-bond donors (Lipinski definition) is 1. The number of carbonyl (C=O) groups is 1. The Morgan fingerprint density at radius 1 is 1.07 bits per heavy atom. The number of furan rings is 1. The van der Waals surface area contributed by atoms with E-state index in [1.807, 2.05) is 30.3 Å². The van der Waals surface area contributed by atoms with E-state index in [1.54, 1.807) is 38.5 Å². The lowest BCUT2D eigenvalue weighted by Crippen LogP contribution is -2.25. The maximum absolute atomic E-state index is 12.5. The summed E-state index contributed by atoms with van der Waals surface area (Å²) in [6, 6.07) is 16.1. The van der Waals surface area contributed by atoms with Crippen LogP contribution in [0, 0.1) is 0 Å². The molecule has 0 aliphatic rings. The van der Waals surface area contributed by atoms with E-state index in [-0.39, 0.29) is 17.4 Å². The first-order chi connectivity index (χ1) is 14.5. The second kappa shape index (κ2) is 10.4. The van der Waals surface area contributed by atoms with Crippen LogP contribution >= 0.6 is 15.9 Å². The first-order valence-corrected chi connectivity index (χ1v) is 11.3. The van der Waals surface area contributed by atoms with Crippen LogP contribution in [-0.4, -0.2) is 30.9 Å². The SMILES string of the molecule is COc1ccc(CCNC(=O)c2ccc(CS(=O)c3ccc(Br)cc3)o2)c(OC)c1. The minimum absolute atomic E-state index is 0.194. The highest BCUT2D eigenvalue weighted by molar-refractivity contribution is 9.10. The van der Waals surface area contributed by atoms with E-state index in [0.29, 0.717) is 35.1 Å². The van der Waals surface area contributed by atoms with E-state index < -0.39 is 10.8 Å². The Hall–Kier alpha value is -2.58. The van der Waals surface area contributed by atoms with Crippen molar-refractivity contribution in [1.82, 2.24) is 5.32 Å². The van der Waals surface area contributed by atoms with Crippen molar-refractivity contribution in [3.05, 3.63) is 76.2 Å². The number of rotatable bonds is 9. The molecule has 1 unspecified atom stereocenters. The van der Waals surface area contributed by atoms with Gasteiger partial charge in [0.2, 0.25) is 0 Å². The summed E-state index contributed by atoms with van der Waals surface area (Å²) < 4.78 is 29.5. The van der Waals surface area contributed by atoms with Crippen molar-refractivity contribution < 1.29 is 22.9 Å². The molecule has 1 N–H and O–H groups in total. The molecule has 8 heteroatoms. The van der Waals surface area contributed by atoms with Gasteiger partial charge in [-0.05, 0) is 54.4 Å². The molecular weight excluding hydrogens is 470 g/mol. The van der Waals surface area contributed by atoms with Crippen LogP contribution in [-0.2, 0) is 23.0 Å². The highest BCUT2D eigenvalue weighted by atomic mass is 79.9. The van der Waals surface area contributed by atoms with E-state index in [9.17, 15) is 9.00 Å². The lowest BCUT2D eigenvalue weighted by atomic mass is 10.1. The molecule has 1 atom stereocenters. The Kier molecular flexibility index (Phi) is 7.70. The summed E-state index contributed by atoms with van der Waals surface area (Å²) >= 11 is 3.36. The number of methoxy groups -OCH3 is 2. The third-order valence-electron chi connectivity index (χ3n) is 4.41. The van der Waals surface area contributed by atoms with Gasteiger partial charge in [-0.1, -0.05) is 22.0 Å². The van der Waals surface area contributed by atoms with Gasteiger partial charge in [-0.25, -0.2) is 0 Å². The first-order valence-electron chi connectivity index (χ1n) is 9.22. The average Bonchev–Trinajstić information content (AvgIpc) is 3.22. The lowest BCUT2D eigenvalue weighted by molar-refractivity contribution is 0.0925. The summed E-state index contributed by atoms with van der Waals surface area (Å²) in [5.41, 5.74) is 0.962. The molecule has 0 saturated heterocycles. The van der Waals surface area contributed by atoms with Crippen LogP contribution in [0.25, 0.3) is 0 Å². The monoisotopic (exact) mass is 491 g/mol. The maximum Gasteiger partial charge on any atom is 0.287 e. The Labute approximate surface area is 186 Å². The van der Waals surface area contributed by atoms with Gasteiger partial charge in [-0.2, -0.15) is 0 Å². The molecule has 158 valence electrons. The Morgan fingerprint density at radius 2 is 1.83 bits per heavy atom. The topological polar surface area (TPSA) is 77.8 Å². The summed E-state index contributed by atoms with van der Waals surface area (Å²) in [4.78, 5) is 13.1. The number of ether oxygens (including phenoxy) is 2. The minimum atomic E-state index is -1.25. The second-order valence-electron chi connectivity index (χ2n) is 6.39. The molecule has 0 radical (unpaired) electrons. The predicted octanol–water partition coefficient (Wildman–Crippen LogP) is 4.34. The zero-order valence-corrected chi connectivity index (χ0v) is 19.0. The van der Waals surface area contributed by atoms with Gasteiger partial charge >= 0.3 is 0 Å². The third-order valence-corrected chi connectivity index (χ3v) is 6.28. The smallest absolute Gasteiger partial charge is 0.287 e. The second-order valence-corrected chi connectivity index (χ2v) is 8.76. The number of amides is 1. The van der Waals surface area contributed by atoms with Gasteiger partial charge in [0.05, 0.1) is 30.8 Å². The quantitative estimate of drug-likeness (QED) is 0.481. The van der Waals surface area contributed by atoms with Gasteiger partial charge < -0.3 is 19.2 Å². The van der Waals surface area contributed by atoms with Crippen molar-refractivity contribution in [2.75, 3.05) is 20.8 Å². The van der Waals surface area contributed by atoms with Crippen molar-refractivity contribution >= 4 is 32.6 Å². The Balaban J connectivity index is 1.54. The Morgan fingerprint density at radius 3 is 2.53 bits per heavy atom. The van der Waals surface area contributed by atoms with Crippen LogP contribution in [0.5, 0.6) is 11.5 Å². The molecule has 0 fully saturated rings. The summed E-state index contributed by atoms with van der Waals surface area (Å²) in [6.07, 6.45) is 0.597. The predicted molar refractivity (Wildman–Crippen MR) is 119 cm³/mol. The average molecular weight is 492 g/mol. The van der Waals surface area contributed by atoms with E-state index in [0.717, 1.165) is 10.0 Å². The fraction of sp³-hybridized carbons (Fsp3) is 0.227. The number of hydrogen-bond acceptors (Lipinski definition) is 5. The molecule has 6 nitrogen and oxygen atoms in total. The highest BCUT2D eigenvalue weighted by Crippen LogP contribution is 2.24. The van der Waals surface area contributed by atoms with Gasteiger partial charge in [0.25, 0.3) is 5.91 Å². The lowest BCUT2D eigenvalue weighted by Gasteiger charge is -2.10. The normalized spacial score (nSPS) is 11.7. The van der Waals surface area contributed by atoms with Gasteiger partial charge in [-0.15, -0.1) is 0 Å². The molecule has 30 heavy (non-hydrogen) atoms. The summed E-state index contributed by atoms with van der Waals surface area (Å²) in [5, 5.41) is 2.83. The molecule has 0 aliphatic heterocycles. The van der Waals surface area contributed by atoms with E-state index in [2.05, 4.69) is 21.2 Å². The third kappa shape index (κ3) is 5.73. The summed E-state index contributed by atoms with van der Waals surface area (Å²) in [5.74, 6) is 2.00. The number of nitrogens with one attached hydrogen (secondary N) is 1. The molecule has 0 aliphatic carbocycles. The molecular formula is C22H22BrNO5S. The highest BCUT2D eigenvalue weighted by Gasteiger charge is 2.14. The molecule has 0 spiro atoms. The molecule has 1 heterocycles. The molecule has 0 saturated carbocycles. The van der Waals surface area contributed by atoms with Crippen LogP contribution in [0.2, 0.25) is 0 Å². The first kappa shape index (κ1) is 22.1. The van der Waals surface area contributed by atoms with Crippen LogP contribution in [0.3, 0.4) is 0 Å². The van der Waals surface area contributed by atoms with Crippen LogP contribution < -0.4 is 14.8 Å².